The first-order valence-electron chi connectivity index (χ1n) is 5.83. The monoisotopic (exact) mass is 233 g/mol. The Morgan fingerprint density at radius 3 is 2.94 bits per heavy atom. The Hall–Kier alpha value is -1.62. The number of likely N-dealkylation sites (N-methyl/N-ethyl adjacent to an activating group) is 1. The molecular formula is C12H19N5. The molecule has 3 N–H and O–H groups in total. The zero-order valence-corrected chi connectivity index (χ0v) is 10.3. The second kappa shape index (κ2) is 4.71. The van der Waals surface area contributed by atoms with E-state index in [1.54, 1.807) is 6.20 Å². The molecule has 0 saturated carbocycles. The Bertz CT molecular complexity index is 417. The minimum atomic E-state index is 0.0222. The standard InChI is InChI=1S/C12H19N5/c1-9-8-17(6-5-16(9)2)10-3-4-15-11(7-10)12(13)14/h3-4,7,9H,5-6,8H2,1-2H3,(H3,13,14). The third-order valence-electron chi connectivity index (χ3n) is 3.34. The molecule has 1 aliphatic heterocycles. The fourth-order valence-corrected chi connectivity index (χ4v) is 2.05. The van der Waals surface area contributed by atoms with Gasteiger partial charge in [0.15, 0.2) is 0 Å². The Labute approximate surface area is 102 Å². The maximum atomic E-state index is 7.41. The van der Waals surface area contributed by atoms with Crippen LogP contribution in [0.25, 0.3) is 0 Å². The smallest absolute Gasteiger partial charge is 0.141 e. The van der Waals surface area contributed by atoms with Crippen LogP contribution in [0.4, 0.5) is 5.69 Å². The summed E-state index contributed by atoms with van der Waals surface area (Å²) in [6, 6.07) is 4.41. The van der Waals surface area contributed by atoms with Crippen LogP contribution >= 0.6 is 0 Å². The van der Waals surface area contributed by atoms with Gasteiger partial charge in [0.1, 0.15) is 11.5 Å². The van der Waals surface area contributed by atoms with Gasteiger partial charge < -0.3 is 15.5 Å². The molecule has 5 nitrogen and oxygen atoms in total. The summed E-state index contributed by atoms with van der Waals surface area (Å²) in [6.07, 6.45) is 1.72. The average Bonchev–Trinajstić information content (AvgIpc) is 2.33. The van der Waals surface area contributed by atoms with Gasteiger partial charge in [-0.2, -0.15) is 0 Å². The van der Waals surface area contributed by atoms with Crippen LogP contribution in [-0.4, -0.2) is 48.4 Å². The summed E-state index contributed by atoms with van der Waals surface area (Å²) in [5, 5.41) is 7.41. The molecular weight excluding hydrogens is 214 g/mol. The summed E-state index contributed by atoms with van der Waals surface area (Å²) < 4.78 is 0. The lowest BCUT2D eigenvalue weighted by Crippen LogP contribution is -2.50. The maximum absolute atomic E-state index is 7.41. The minimum Gasteiger partial charge on any atom is -0.382 e. The van der Waals surface area contributed by atoms with E-state index < -0.39 is 0 Å². The molecule has 1 aromatic rings. The molecule has 0 amide bonds. The molecule has 1 atom stereocenters. The normalized spacial score (nSPS) is 21.5. The van der Waals surface area contributed by atoms with E-state index in [4.69, 9.17) is 11.1 Å². The van der Waals surface area contributed by atoms with E-state index in [-0.39, 0.29) is 5.84 Å². The van der Waals surface area contributed by atoms with E-state index >= 15 is 0 Å². The Kier molecular flexibility index (Phi) is 3.28. The zero-order valence-electron chi connectivity index (χ0n) is 10.3. The highest BCUT2D eigenvalue weighted by molar-refractivity contribution is 5.93. The summed E-state index contributed by atoms with van der Waals surface area (Å²) in [5.74, 6) is 0.0222. The van der Waals surface area contributed by atoms with Crippen LogP contribution in [0.15, 0.2) is 18.3 Å². The van der Waals surface area contributed by atoms with Crippen molar-refractivity contribution in [2.75, 3.05) is 31.6 Å². The van der Waals surface area contributed by atoms with Crippen LogP contribution in [-0.2, 0) is 0 Å². The lowest BCUT2D eigenvalue weighted by atomic mass is 10.2. The van der Waals surface area contributed by atoms with Crippen molar-refractivity contribution >= 4 is 11.5 Å². The number of nitrogens with two attached hydrogens (primary N) is 1. The van der Waals surface area contributed by atoms with Gasteiger partial charge in [-0.3, -0.25) is 10.4 Å². The topological polar surface area (TPSA) is 69.2 Å². The molecule has 2 heterocycles. The van der Waals surface area contributed by atoms with Gasteiger partial charge >= 0.3 is 0 Å². The second-order valence-electron chi connectivity index (χ2n) is 4.59. The van der Waals surface area contributed by atoms with Gasteiger partial charge in [0.25, 0.3) is 0 Å². The first kappa shape index (κ1) is 11.9. The molecule has 92 valence electrons. The van der Waals surface area contributed by atoms with Gasteiger partial charge in [-0.1, -0.05) is 0 Å². The fraction of sp³-hybridized carbons (Fsp3) is 0.500. The van der Waals surface area contributed by atoms with Crippen LogP contribution < -0.4 is 10.6 Å². The maximum Gasteiger partial charge on any atom is 0.141 e. The summed E-state index contributed by atoms with van der Waals surface area (Å²) >= 11 is 0. The number of amidine groups is 1. The second-order valence-corrected chi connectivity index (χ2v) is 4.59. The molecule has 0 radical (unpaired) electrons. The Balaban J connectivity index is 2.17. The molecule has 0 spiro atoms. The number of anilines is 1. The number of rotatable bonds is 2. The SMILES string of the molecule is CC1CN(c2ccnc(C(=N)N)c2)CCN1C. The van der Waals surface area contributed by atoms with Gasteiger partial charge in [0.05, 0.1) is 0 Å². The lowest BCUT2D eigenvalue weighted by molar-refractivity contribution is 0.234. The molecule has 2 rings (SSSR count). The molecule has 17 heavy (non-hydrogen) atoms. The first-order chi connectivity index (χ1) is 8.08. The summed E-state index contributed by atoms with van der Waals surface area (Å²) in [5.41, 5.74) is 7.11. The predicted molar refractivity (Wildman–Crippen MR) is 69.6 cm³/mol. The number of hydrogen-bond donors (Lipinski definition) is 2. The first-order valence-corrected chi connectivity index (χ1v) is 5.83. The summed E-state index contributed by atoms with van der Waals surface area (Å²) in [6.45, 7) is 5.28. The quantitative estimate of drug-likeness (QED) is 0.577. The fourth-order valence-electron chi connectivity index (χ4n) is 2.05. The van der Waals surface area contributed by atoms with E-state index in [9.17, 15) is 0 Å². The average molecular weight is 233 g/mol. The molecule has 5 heteroatoms. The highest BCUT2D eigenvalue weighted by Gasteiger charge is 2.21. The molecule has 0 aromatic carbocycles. The van der Waals surface area contributed by atoms with Crippen molar-refractivity contribution in [2.45, 2.75) is 13.0 Å². The zero-order chi connectivity index (χ0) is 12.4. The predicted octanol–water partition coefficient (Wildman–Crippen LogP) is 0.506. The number of aromatic nitrogens is 1. The molecule has 1 aromatic heterocycles. The third-order valence-corrected chi connectivity index (χ3v) is 3.34. The molecule has 1 saturated heterocycles. The molecule has 0 bridgehead atoms. The number of nitrogens with one attached hydrogen (secondary N) is 1. The van der Waals surface area contributed by atoms with Gasteiger partial charge in [-0.05, 0) is 26.1 Å². The van der Waals surface area contributed by atoms with Crippen molar-refractivity contribution in [1.29, 1.82) is 5.41 Å². The van der Waals surface area contributed by atoms with E-state index in [2.05, 4.69) is 28.8 Å². The van der Waals surface area contributed by atoms with E-state index in [0.717, 1.165) is 25.3 Å². The van der Waals surface area contributed by atoms with Crippen LogP contribution in [0.1, 0.15) is 12.6 Å². The summed E-state index contributed by atoms with van der Waals surface area (Å²) in [4.78, 5) is 8.75. The largest absolute Gasteiger partial charge is 0.382 e. The van der Waals surface area contributed by atoms with Crippen LogP contribution in [0, 0.1) is 5.41 Å². The number of hydrogen-bond acceptors (Lipinski definition) is 4. The van der Waals surface area contributed by atoms with Crippen LogP contribution in [0.3, 0.4) is 0 Å². The highest BCUT2D eigenvalue weighted by atomic mass is 15.3. The van der Waals surface area contributed by atoms with Crippen molar-refractivity contribution in [2.24, 2.45) is 5.73 Å². The molecule has 0 aliphatic carbocycles. The van der Waals surface area contributed by atoms with Crippen molar-refractivity contribution in [1.82, 2.24) is 9.88 Å². The number of nitrogen functional groups attached to an aromatic ring is 1. The summed E-state index contributed by atoms with van der Waals surface area (Å²) in [7, 11) is 2.15. The number of piperazine rings is 1. The lowest BCUT2D eigenvalue weighted by Gasteiger charge is -2.39. The van der Waals surface area contributed by atoms with Crippen molar-refractivity contribution < 1.29 is 0 Å². The van der Waals surface area contributed by atoms with Crippen LogP contribution in [0.2, 0.25) is 0 Å². The molecule has 1 fully saturated rings. The van der Waals surface area contributed by atoms with Crippen molar-refractivity contribution in [3.63, 3.8) is 0 Å². The van der Waals surface area contributed by atoms with Gasteiger partial charge in [0, 0.05) is 37.6 Å². The van der Waals surface area contributed by atoms with E-state index in [0.29, 0.717) is 11.7 Å². The third kappa shape index (κ3) is 2.55. The number of pyridine rings is 1. The van der Waals surface area contributed by atoms with Crippen molar-refractivity contribution in [3.8, 4) is 0 Å². The Morgan fingerprint density at radius 2 is 2.29 bits per heavy atom. The Morgan fingerprint density at radius 1 is 1.53 bits per heavy atom. The van der Waals surface area contributed by atoms with Gasteiger partial charge in [0.2, 0.25) is 0 Å². The van der Waals surface area contributed by atoms with Gasteiger partial charge in [-0.25, -0.2) is 0 Å². The molecule has 1 unspecified atom stereocenters. The molecule has 1 aliphatic rings. The highest BCUT2D eigenvalue weighted by Crippen LogP contribution is 2.18. The van der Waals surface area contributed by atoms with Crippen molar-refractivity contribution in [3.05, 3.63) is 24.0 Å². The number of nitrogens with zero attached hydrogens (tertiary/aromatic N) is 3. The minimum absolute atomic E-state index is 0.0222. The van der Waals surface area contributed by atoms with E-state index in [1.807, 2.05) is 12.1 Å². The van der Waals surface area contributed by atoms with Gasteiger partial charge in [-0.15, -0.1) is 0 Å². The van der Waals surface area contributed by atoms with Crippen LogP contribution in [0.5, 0.6) is 0 Å². The van der Waals surface area contributed by atoms with E-state index in [1.165, 1.54) is 0 Å².